The second-order valence-electron chi connectivity index (χ2n) is 3.72. The van der Waals surface area contributed by atoms with Crippen molar-refractivity contribution in [3.8, 4) is 11.1 Å². The summed E-state index contributed by atoms with van der Waals surface area (Å²) in [6.07, 6.45) is 1.10. The van der Waals surface area contributed by atoms with Crippen LogP contribution in [0.1, 0.15) is 11.1 Å². The van der Waals surface area contributed by atoms with E-state index in [1.54, 1.807) is 0 Å². The summed E-state index contributed by atoms with van der Waals surface area (Å²) < 4.78 is 22.8. The Morgan fingerprint density at radius 2 is 1.18 bits per heavy atom. The molecule has 88 valence electrons. The fraction of sp³-hybridized carbons (Fsp3) is 0.0769. The molecule has 1 aliphatic carbocycles. The van der Waals surface area contributed by atoms with Crippen LogP contribution in [0.3, 0.4) is 0 Å². The second-order valence-corrected chi connectivity index (χ2v) is 4.18. The van der Waals surface area contributed by atoms with Crippen LogP contribution in [0.25, 0.3) is 11.1 Å². The Kier molecular flexibility index (Phi) is 3.68. The summed E-state index contributed by atoms with van der Waals surface area (Å²) in [5.74, 6) is 0. The minimum Gasteiger partial charge on any atom is -0.284 e. The van der Waals surface area contributed by atoms with Crippen molar-refractivity contribution in [2.24, 2.45) is 0 Å². The lowest BCUT2D eigenvalue weighted by molar-refractivity contribution is 0.454. The molecule has 1 aliphatic rings. The van der Waals surface area contributed by atoms with Crippen LogP contribution in [0.15, 0.2) is 48.5 Å². The Labute approximate surface area is 102 Å². The molecule has 0 heterocycles. The minimum absolute atomic E-state index is 1.10. The Morgan fingerprint density at radius 1 is 0.824 bits per heavy atom. The molecule has 2 N–H and O–H groups in total. The van der Waals surface area contributed by atoms with Crippen LogP contribution < -0.4 is 0 Å². The molecule has 4 heteroatoms. The van der Waals surface area contributed by atoms with Crippen molar-refractivity contribution in [2.75, 3.05) is 0 Å². The smallest absolute Gasteiger partial charge is 0.284 e. The number of hydrogen-bond acceptors (Lipinski definition) is 1. The summed E-state index contributed by atoms with van der Waals surface area (Å²) in [5, 5.41) is 0. The highest BCUT2D eigenvalue weighted by atomic mass is 32.2. The normalized spacial score (nSPS) is 11.5. The van der Waals surface area contributed by atoms with E-state index in [9.17, 15) is 0 Å². The van der Waals surface area contributed by atoms with Crippen molar-refractivity contribution in [2.45, 2.75) is 6.42 Å². The molecule has 0 saturated carbocycles. The molecule has 0 aromatic heterocycles. The third kappa shape index (κ3) is 2.79. The molecule has 2 aromatic carbocycles. The molecular formula is C13H12O3S. The van der Waals surface area contributed by atoms with Gasteiger partial charge in [-0.2, -0.15) is 4.21 Å². The number of fused-ring (bicyclic) bond motifs is 3. The zero-order valence-electron chi connectivity index (χ0n) is 9.04. The SMILES string of the molecule is O=S(O)O.c1ccc2c(c1)Cc1ccccc1-2. The van der Waals surface area contributed by atoms with Crippen molar-refractivity contribution in [3.05, 3.63) is 59.7 Å². The summed E-state index contributed by atoms with van der Waals surface area (Å²) in [7, 11) is 0. The highest BCUT2D eigenvalue weighted by molar-refractivity contribution is 7.73. The van der Waals surface area contributed by atoms with Crippen molar-refractivity contribution in [3.63, 3.8) is 0 Å². The molecule has 0 bridgehead atoms. The van der Waals surface area contributed by atoms with Crippen molar-refractivity contribution in [1.82, 2.24) is 0 Å². The Morgan fingerprint density at radius 3 is 1.59 bits per heavy atom. The van der Waals surface area contributed by atoms with Crippen LogP contribution in [0.2, 0.25) is 0 Å². The summed E-state index contributed by atoms with van der Waals surface area (Å²) in [6, 6.07) is 17.3. The summed E-state index contributed by atoms with van der Waals surface area (Å²) in [5.41, 5.74) is 5.75. The highest BCUT2D eigenvalue weighted by Crippen LogP contribution is 2.35. The third-order valence-electron chi connectivity index (χ3n) is 2.71. The van der Waals surface area contributed by atoms with Crippen molar-refractivity contribution >= 4 is 11.4 Å². The first-order chi connectivity index (χ1) is 8.18. The van der Waals surface area contributed by atoms with Gasteiger partial charge in [0.05, 0.1) is 0 Å². The molecule has 0 aliphatic heterocycles. The van der Waals surface area contributed by atoms with E-state index in [-0.39, 0.29) is 0 Å². The third-order valence-corrected chi connectivity index (χ3v) is 2.71. The molecule has 3 rings (SSSR count). The number of hydrogen-bond donors (Lipinski definition) is 2. The standard InChI is InChI=1S/C13H10.H2O3S/c1-3-7-12-10(5-1)9-11-6-2-4-8-13(11)12;1-4(2)3/h1-8H,9H2;(H2,1,2,3). The van der Waals surface area contributed by atoms with Gasteiger partial charge in [-0.25, -0.2) is 0 Å². The van der Waals surface area contributed by atoms with Crippen LogP contribution in [0.4, 0.5) is 0 Å². The second kappa shape index (κ2) is 5.23. The number of benzene rings is 2. The summed E-state index contributed by atoms with van der Waals surface area (Å²) in [6.45, 7) is 0. The molecule has 0 atom stereocenters. The monoisotopic (exact) mass is 248 g/mol. The lowest BCUT2D eigenvalue weighted by Gasteiger charge is -1.98. The van der Waals surface area contributed by atoms with E-state index in [0.717, 1.165) is 6.42 Å². The summed E-state index contributed by atoms with van der Waals surface area (Å²) in [4.78, 5) is 0. The molecular weight excluding hydrogens is 236 g/mol. The minimum atomic E-state index is -2.61. The molecule has 0 spiro atoms. The Hall–Kier alpha value is -1.49. The van der Waals surface area contributed by atoms with Crippen LogP contribution in [0.5, 0.6) is 0 Å². The van der Waals surface area contributed by atoms with Gasteiger partial charge in [-0.3, -0.25) is 9.11 Å². The zero-order valence-corrected chi connectivity index (χ0v) is 9.85. The van der Waals surface area contributed by atoms with Crippen molar-refractivity contribution in [1.29, 1.82) is 0 Å². The van der Waals surface area contributed by atoms with Gasteiger partial charge in [-0.1, -0.05) is 48.5 Å². The van der Waals surface area contributed by atoms with Gasteiger partial charge in [-0.05, 0) is 28.7 Å². The van der Waals surface area contributed by atoms with E-state index in [2.05, 4.69) is 48.5 Å². The average molecular weight is 248 g/mol. The van der Waals surface area contributed by atoms with Gasteiger partial charge in [-0.15, -0.1) is 0 Å². The Balaban J connectivity index is 0.000000239. The van der Waals surface area contributed by atoms with Crippen LogP contribution in [-0.4, -0.2) is 13.3 Å². The van der Waals surface area contributed by atoms with Crippen LogP contribution in [0, 0.1) is 0 Å². The predicted molar refractivity (Wildman–Crippen MR) is 68.1 cm³/mol. The topological polar surface area (TPSA) is 57.5 Å². The van der Waals surface area contributed by atoms with Crippen LogP contribution in [-0.2, 0) is 17.8 Å². The first-order valence-electron chi connectivity index (χ1n) is 5.14. The molecule has 0 amide bonds. The maximum atomic E-state index is 8.67. The van der Waals surface area contributed by atoms with E-state index in [1.165, 1.54) is 22.3 Å². The fourth-order valence-electron chi connectivity index (χ4n) is 2.08. The molecule has 0 unspecified atom stereocenters. The van der Waals surface area contributed by atoms with E-state index < -0.39 is 11.4 Å². The largest absolute Gasteiger partial charge is 0.299 e. The molecule has 3 nitrogen and oxygen atoms in total. The van der Waals surface area contributed by atoms with E-state index >= 15 is 0 Å². The van der Waals surface area contributed by atoms with Crippen molar-refractivity contribution < 1.29 is 13.3 Å². The molecule has 0 fully saturated rings. The first kappa shape index (κ1) is 12.0. The zero-order chi connectivity index (χ0) is 12.3. The van der Waals surface area contributed by atoms with Gasteiger partial charge in [0, 0.05) is 0 Å². The molecule has 0 saturated heterocycles. The quantitative estimate of drug-likeness (QED) is 0.601. The van der Waals surface area contributed by atoms with Gasteiger partial charge < -0.3 is 0 Å². The van der Waals surface area contributed by atoms with Gasteiger partial charge in [0.15, 0.2) is 0 Å². The molecule has 2 aromatic rings. The predicted octanol–water partition coefficient (Wildman–Crippen LogP) is 2.94. The van der Waals surface area contributed by atoms with Gasteiger partial charge in [0.25, 0.3) is 11.4 Å². The average Bonchev–Trinajstić information content (AvgIpc) is 2.66. The van der Waals surface area contributed by atoms with Gasteiger partial charge in [0.1, 0.15) is 0 Å². The molecule has 0 radical (unpaired) electrons. The highest BCUT2D eigenvalue weighted by Gasteiger charge is 2.15. The number of rotatable bonds is 0. The van der Waals surface area contributed by atoms with E-state index in [1.807, 2.05) is 0 Å². The van der Waals surface area contributed by atoms with Gasteiger partial charge in [0.2, 0.25) is 0 Å². The lowest BCUT2D eigenvalue weighted by Crippen LogP contribution is -1.77. The first-order valence-corrected chi connectivity index (χ1v) is 6.21. The maximum Gasteiger partial charge on any atom is 0.299 e. The van der Waals surface area contributed by atoms with E-state index in [4.69, 9.17) is 13.3 Å². The lowest BCUT2D eigenvalue weighted by atomic mass is 10.1. The maximum absolute atomic E-state index is 8.67. The summed E-state index contributed by atoms with van der Waals surface area (Å²) >= 11 is -2.61. The fourth-order valence-corrected chi connectivity index (χ4v) is 2.08. The Bertz CT molecular complexity index is 504. The van der Waals surface area contributed by atoms with Gasteiger partial charge >= 0.3 is 0 Å². The van der Waals surface area contributed by atoms with Crippen LogP contribution >= 0.6 is 0 Å². The van der Waals surface area contributed by atoms with E-state index in [0.29, 0.717) is 0 Å². The molecule has 17 heavy (non-hydrogen) atoms.